The Morgan fingerprint density at radius 3 is 2.75 bits per heavy atom. The highest BCUT2D eigenvalue weighted by atomic mass is 79.9. The van der Waals surface area contributed by atoms with Crippen LogP contribution in [-0.4, -0.2) is 9.78 Å². The van der Waals surface area contributed by atoms with Crippen molar-refractivity contribution in [3.05, 3.63) is 44.4 Å². The van der Waals surface area contributed by atoms with Gasteiger partial charge in [-0.2, -0.15) is 5.10 Å². The molecule has 0 amide bonds. The van der Waals surface area contributed by atoms with Gasteiger partial charge in [0.05, 0.1) is 27.4 Å². The topological polar surface area (TPSA) is 29.9 Å². The molecule has 1 aromatic heterocycles. The Morgan fingerprint density at radius 2 is 2.15 bits per heavy atom. The van der Waals surface area contributed by atoms with Crippen molar-refractivity contribution >= 4 is 33.2 Å². The Labute approximate surface area is 131 Å². The minimum atomic E-state index is -0.288. The molecule has 0 unspecified atom stereocenters. The van der Waals surface area contributed by atoms with Crippen molar-refractivity contribution in [3.8, 4) is 0 Å². The molecule has 0 saturated heterocycles. The number of rotatable bonds is 4. The third kappa shape index (κ3) is 2.99. The second-order valence-electron chi connectivity index (χ2n) is 4.62. The number of aryl methyl sites for hydroxylation is 3. The van der Waals surface area contributed by atoms with Gasteiger partial charge in [0.1, 0.15) is 5.82 Å². The van der Waals surface area contributed by atoms with Gasteiger partial charge in [-0.15, -0.1) is 0 Å². The van der Waals surface area contributed by atoms with Crippen LogP contribution in [0.2, 0.25) is 5.02 Å². The van der Waals surface area contributed by atoms with Gasteiger partial charge in [-0.25, -0.2) is 4.39 Å². The zero-order valence-electron chi connectivity index (χ0n) is 11.6. The second-order valence-corrected chi connectivity index (χ2v) is 5.85. The van der Waals surface area contributed by atoms with Crippen LogP contribution in [0.1, 0.15) is 23.9 Å². The molecule has 1 aromatic carbocycles. The zero-order valence-corrected chi connectivity index (χ0v) is 13.9. The van der Waals surface area contributed by atoms with E-state index in [1.807, 2.05) is 20.9 Å². The van der Waals surface area contributed by atoms with Crippen LogP contribution in [0.25, 0.3) is 0 Å². The summed E-state index contributed by atoms with van der Waals surface area (Å²) in [6.07, 6.45) is 0.790. The maximum absolute atomic E-state index is 13.6. The van der Waals surface area contributed by atoms with Gasteiger partial charge < -0.3 is 5.32 Å². The van der Waals surface area contributed by atoms with Gasteiger partial charge >= 0.3 is 0 Å². The van der Waals surface area contributed by atoms with Crippen LogP contribution in [0.4, 0.5) is 10.1 Å². The average Bonchev–Trinajstić information content (AvgIpc) is 2.67. The van der Waals surface area contributed by atoms with Gasteiger partial charge in [0, 0.05) is 12.7 Å². The molecule has 0 fully saturated rings. The highest BCUT2D eigenvalue weighted by Gasteiger charge is 2.13. The third-order valence-corrected chi connectivity index (χ3v) is 4.26. The van der Waals surface area contributed by atoms with Crippen LogP contribution in [0.15, 0.2) is 16.6 Å². The third-order valence-electron chi connectivity index (χ3n) is 3.22. The number of benzene rings is 1. The summed E-state index contributed by atoms with van der Waals surface area (Å²) >= 11 is 9.46. The van der Waals surface area contributed by atoms with Crippen molar-refractivity contribution in [3.63, 3.8) is 0 Å². The predicted octanol–water partition coefficient (Wildman–Crippen LogP) is 4.46. The van der Waals surface area contributed by atoms with Gasteiger partial charge in [0.25, 0.3) is 0 Å². The summed E-state index contributed by atoms with van der Waals surface area (Å²) < 4.78 is 15.8. The van der Waals surface area contributed by atoms with E-state index in [9.17, 15) is 4.39 Å². The fourth-order valence-electron chi connectivity index (χ4n) is 2.03. The van der Waals surface area contributed by atoms with Crippen molar-refractivity contribution in [2.75, 3.05) is 5.32 Å². The number of nitrogens with one attached hydrogen (secondary N) is 1. The van der Waals surface area contributed by atoms with E-state index >= 15 is 0 Å². The molecule has 0 aliphatic rings. The van der Waals surface area contributed by atoms with E-state index in [-0.39, 0.29) is 5.82 Å². The van der Waals surface area contributed by atoms with Crippen LogP contribution >= 0.6 is 27.5 Å². The standard InChI is InChI=1S/C14H16BrClFN3/c1-4-11-14(16)13(20(3)19-11)7-18-12-6-10(17)9(15)5-8(12)2/h5-6,18H,4,7H2,1-3H3. The van der Waals surface area contributed by atoms with E-state index in [0.29, 0.717) is 16.0 Å². The fraction of sp³-hybridized carbons (Fsp3) is 0.357. The Kier molecular flexibility index (Phi) is 4.70. The SMILES string of the molecule is CCc1nn(C)c(CNc2cc(F)c(Br)cc2C)c1Cl. The van der Waals surface area contributed by atoms with Crippen LogP contribution in [-0.2, 0) is 20.0 Å². The number of aromatic nitrogens is 2. The first-order valence-corrected chi connectivity index (χ1v) is 7.50. The summed E-state index contributed by atoms with van der Waals surface area (Å²) in [5.41, 5.74) is 3.49. The van der Waals surface area contributed by atoms with Crippen molar-refractivity contribution in [1.82, 2.24) is 9.78 Å². The summed E-state index contributed by atoms with van der Waals surface area (Å²) in [6.45, 7) is 4.44. The first-order valence-electron chi connectivity index (χ1n) is 6.33. The molecule has 0 bridgehead atoms. The van der Waals surface area contributed by atoms with Crippen LogP contribution < -0.4 is 5.32 Å². The first kappa shape index (κ1) is 15.3. The van der Waals surface area contributed by atoms with E-state index in [1.54, 1.807) is 10.7 Å². The van der Waals surface area contributed by atoms with E-state index in [1.165, 1.54) is 6.07 Å². The van der Waals surface area contributed by atoms with Gasteiger partial charge in [-0.05, 0) is 47.0 Å². The maximum Gasteiger partial charge on any atom is 0.139 e. The minimum Gasteiger partial charge on any atom is -0.379 e. The summed E-state index contributed by atoms with van der Waals surface area (Å²) in [5, 5.41) is 8.25. The molecule has 108 valence electrons. The average molecular weight is 361 g/mol. The van der Waals surface area contributed by atoms with E-state index in [4.69, 9.17) is 11.6 Å². The highest BCUT2D eigenvalue weighted by molar-refractivity contribution is 9.10. The number of halogens is 3. The number of hydrogen-bond acceptors (Lipinski definition) is 2. The summed E-state index contributed by atoms with van der Waals surface area (Å²) in [5.74, 6) is -0.288. The summed E-state index contributed by atoms with van der Waals surface area (Å²) in [7, 11) is 1.86. The maximum atomic E-state index is 13.6. The molecule has 0 radical (unpaired) electrons. The molecule has 0 aliphatic carbocycles. The van der Waals surface area contributed by atoms with Crippen molar-refractivity contribution in [2.45, 2.75) is 26.8 Å². The van der Waals surface area contributed by atoms with Gasteiger partial charge in [-0.1, -0.05) is 18.5 Å². The van der Waals surface area contributed by atoms with E-state index in [0.717, 1.165) is 29.1 Å². The first-order chi connectivity index (χ1) is 9.43. The lowest BCUT2D eigenvalue weighted by Gasteiger charge is -2.11. The number of nitrogens with zero attached hydrogens (tertiary/aromatic N) is 2. The molecule has 0 atom stereocenters. The molecule has 20 heavy (non-hydrogen) atoms. The van der Waals surface area contributed by atoms with Crippen molar-refractivity contribution in [1.29, 1.82) is 0 Å². The van der Waals surface area contributed by atoms with E-state index in [2.05, 4.69) is 26.3 Å². The Bertz CT molecular complexity index is 640. The monoisotopic (exact) mass is 359 g/mol. The molecular formula is C14H16BrClFN3. The normalized spacial score (nSPS) is 10.9. The molecule has 3 nitrogen and oxygen atoms in total. The van der Waals surface area contributed by atoms with Crippen molar-refractivity contribution < 1.29 is 4.39 Å². The van der Waals surface area contributed by atoms with Gasteiger partial charge in [0.2, 0.25) is 0 Å². The van der Waals surface area contributed by atoms with Gasteiger partial charge in [-0.3, -0.25) is 4.68 Å². The highest BCUT2D eigenvalue weighted by Crippen LogP contribution is 2.26. The smallest absolute Gasteiger partial charge is 0.139 e. The Balaban J connectivity index is 2.21. The molecule has 2 rings (SSSR count). The molecular weight excluding hydrogens is 345 g/mol. The zero-order chi connectivity index (χ0) is 14.9. The summed E-state index contributed by atoms with van der Waals surface area (Å²) in [4.78, 5) is 0. The second kappa shape index (κ2) is 6.14. The Morgan fingerprint density at radius 1 is 1.45 bits per heavy atom. The minimum absolute atomic E-state index is 0.288. The quantitative estimate of drug-likeness (QED) is 0.872. The molecule has 0 spiro atoms. The number of anilines is 1. The van der Waals surface area contributed by atoms with Crippen LogP contribution in [0.3, 0.4) is 0 Å². The molecule has 0 saturated carbocycles. The largest absolute Gasteiger partial charge is 0.379 e. The Hall–Kier alpha value is -1.07. The molecule has 6 heteroatoms. The van der Waals surface area contributed by atoms with Crippen LogP contribution in [0.5, 0.6) is 0 Å². The molecule has 2 aromatic rings. The van der Waals surface area contributed by atoms with Crippen LogP contribution in [0, 0.1) is 12.7 Å². The lowest BCUT2D eigenvalue weighted by molar-refractivity contribution is 0.621. The molecule has 1 heterocycles. The van der Waals surface area contributed by atoms with Gasteiger partial charge in [0.15, 0.2) is 0 Å². The lowest BCUT2D eigenvalue weighted by Crippen LogP contribution is -2.07. The predicted molar refractivity (Wildman–Crippen MR) is 83.8 cm³/mol. The number of hydrogen-bond donors (Lipinski definition) is 1. The lowest BCUT2D eigenvalue weighted by atomic mass is 10.2. The molecule has 0 aliphatic heterocycles. The van der Waals surface area contributed by atoms with E-state index < -0.39 is 0 Å². The fourth-order valence-corrected chi connectivity index (χ4v) is 2.85. The molecule has 1 N–H and O–H groups in total. The van der Waals surface area contributed by atoms with Crippen molar-refractivity contribution in [2.24, 2.45) is 7.05 Å². The summed E-state index contributed by atoms with van der Waals surface area (Å²) in [6, 6.07) is 3.23.